The van der Waals surface area contributed by atoms with E-state index in [4.69, 9.17) is 29.5 Å². The Bertz CT molecular complexity index is 543. The van der Waals surface area contributed by atoms with Crippen LogP contribution in [0.15, 0.2) is 12.2 Å². The number of aliphatic hydroxyl groups excluding tert-OH is 8. The van der Waals surface area contributed by atoms with Gasteiger partial charge in [-0.3, -0.25) is 0 Å². The maximum atomic E-state index is 10.00. The van der Waals surface area contributed by atoms with E-state index in [0.717, 1.165) is 0 Å². The number of rotatable bonds is 6. The smallest absolute Gasteiger partial charge is 0.330 e. The fraction of sp³-hybridized carbons (Fsp3) is 0.812. The summed E-state index contributed by atoms with van der Waals surface area (Å²) < 4.78 is 15.4. The molecule has 2 saturated heterocycles. The van der Waals surface area contributed by atoms with Crippen LogP contribution in [-0.2, 0) is 19.0 Å². The highest BCUT2D eigenvalue weighted by molar-refractivity contribution is 5.84. The number of aliphatic hydroxyl groups is 8. The maximum Gasteiger partial charge on any atom is 0.330 e. The van der Waals surface area contributed by atoms with Crippen LogP contribution in [0.5, 0.6) is 0 Å². The average molecular weight is 428 g/mol. The van der Waals surface area contributed by atoms with Crippen molar-refractivity contribution in [2.24, 2.45) is 0 Å². The van der Waals surface area contributed by atoms with E-state index in [1.807, 2.05) is 0 Å². The summed E-state index contributed by atoms with van der Waals surface area (Å²) in [5.41, 5.74) is 0.176. The van der Waals surface area contributed by atoms with E-state index in [2.05, 4.69) is 6.58 Å². The number of hydrogen-bond acceptors (Lipinski definition) is 12. The summed E-state index contributed by atoms with van der Waals surface area (Å²) in [4.78, 5) is 9.60. The number of carbonyl (C=O) groups is 1. The summed E-state index contributed by atoms with van der Waals surface area (Å²) in [7, 11) is 0. The minimum absolute atomic E-state index is 0.176. The Morgan fingerprint density at radius 3 is 1.86 bits per heavy atom. The Morgan fingerprint density at radius 1 is 0.966 bits per heavy atom. The summed E-state index contributed by atoms with van der Waals surface area (Å²) in [6.07, 6.45) is -12.7. The van der Waals surface area contributed by atoms with Gasteiger partial charge >= 0.3 is 5.97 Å². The molecule has 9 N–H and O–H groups in total. The molecule has 2 heterocycles. The molecule has 13 heteroatoms. The average Bonchev–Trinajstić information content (AvgIpc) is 2.93. The van der Waals surface area contributed by atoms with Gasteiger partial charge in [0.15, 0.2) is 6.29 Å². The van der Waals surface area contributed by atoms with Gasteiger partial charge in [-0.15, -0.1) is 0 Å². The molecule has 0 saturated carbocycles. The van der Waals surface area contributed by atoms with E-state index in [9.17, 15) is 35.4 Å². The highest BCUT2D eigenvalue weighted by atomic mass is 16.8. The minimum Gasteiger partial charge on any atom is -0.478 e. The van der Waals surface area contributed by atoms with Gasteiger partial charge in [0.25, 0.3) is 0 Å². The first-order valence-corrected chi connectivity index (χ1v) is 8.58. The molecule has 0 radical (unpaired) electrons. The van der Waals surface area contributed by atoms with Crippen molar-refractivity contribution in [2.75, 3.05) is 19.8 Å². The lowest BCUT2D eigenvalue weighted by molar-refractivity contribution is -0.383. The van der Waals surface area contributed by atoms with Gasteiger partial charge in [-0.25, -0.2) is 4.79 Å². The van der Waals surface area contributed by atoms with Gasteiger partial charge in [-0.1, -0.05) is 6.58 Å². The maximum absolute atomic E-state index is 10.00. The Kier molecular flexibility index (Phi) is 9.52. The first-order valence-electron chi connectivity index (χ1n) is 8.58. The number of carboxylic acids is 1. The fourth-order valence-corrected chi connectivity index (χ4v) is 2.63. The van der Waals surface area contributed by atoms with E-state index < -0.39 is 80.6 Å². The molecule has 2 aliphatic rings. The molecule has 0 spiro atoms. The predicted molar refractivity (Wildman–Crippen MR) is 91.1 cm³/mol. The number of hydrogen-bond donors (Lipinski definition) is 9. The standard InChI is InChI=1S/C12H22O11.C4H6O2/c13-1-4-6(16)8(18)9(19)11(21-4)23-12(3-15)10(20)7(17)5(2-14)22-12;1-3(2)4(5)6/h4-11,13-20H,1-3H2;1H2,2H3,(H,5,6)/t4-,5-,6-,7-,8+,9-,10+,11-,12+;/m1./s1. The van der Waals surface area contributed by atoms with Crippen LogP contribution in [0.1, 0.15) is 6.92 Å². The molecule has 9 atom stereocenters. The first kappa shape index (κ1) is 25.8. The van der Waals surface area contributed by atoms with Gasteiger partial charge in [-0.05, 0) is 6.92 Å². The summed E-state index contributed by atoms with van der Waals surface area (Å²) >= 11 is 0. The van der Waals surface area contributed by atoms with E-state index in [1.165, 1.54) is 6.92 Å². The molecule has 0 aliphatic carbocycles. The molecule has 0 aromatic heterocycles. The summed E-state index contributed by atoms with van der Waals surface area (Å²) in [5, 5.41) is 84.6. The summed E-state index contributed by atoms with van der Waals surface area (Å²) in [5.74, 6) is -3.16. The third-order valence-corrected chi connectivity index (χ3v) is 4.44. The van der Waals surface area contributed by atoms with Crippen LogP contribution in [0.2, 0.25) is 0 Å². The largest absolute Gasteiger partial charge is 0.478 e. The SMILES string of the molecule is C=C(C)C(=O)O.OC[C@H]1O[C@@](CO)(O[C@H]2O[C@H](CO)[C@@H](O)[C@H](O)[C@H]2O)[C@@H](O)[C@@H]1O. The van der Waals surface area contributed by atoms with Crippen molar-refractivity contribution < 1.29 is 65.0 Å². The van der Waals surface area contributed by atoms with Crippen LogP contribution in [0.3, 0.4) is 0 Å². The van der Waals surface area contributed by atoms with Gasteiger partial charge < -0.3 is 60.2 Å². The lowest BCUT2D eigenvalue weighted by Crippen LogP contribution is -2.62. The fourth-order valence-electron chi connectivity index (χ4n) is 2.63. The lowest BCUT2D eigenvalue weighted by Gasteiger charge is -2.43. The van der Waals surface area contributed by atoms with Crippen molar-refractivity contribution in [3.63, 3.8) is 0 Å². The van der Waals surface area contributed by atoms with Crippen molar-refractivity contribution in [1.29, 1.82) is 0 Å². The minimum atomic E-state index is -2.22. The monoisotopic (exact) mass is 428 g/mol. The first-order chi connectivity index (χ1) is 13.4. The molecule has 170 valence electrons. The van der Waals surface area contributed by atoms with E-state index in [0.29, 0.717) is 0 Å². The summed E-state index contributed by atoms with van der Waals surface area (Å²) in [6, 6.07) is 0. The molecule has 0 aromatic rings. The summed E-state index contributed by atoms with van der Waals surface area (Å²) in [6.45, 7) is 2.28. The molecular weight excluding hydrogens is 400 g/mol. The number of aliphatic carboxylic acids is 1. The molecule has 2 aliphatic heterocycles. The molecule has 0 aromatic carbocycles. The van der Waals surface area contributed by atoms with Crippen molar-refractivity contribution in [2.45, 2.75) is 61.7 Å². The van der Waals surface area contributed by atoms with Crippen LogP contribution in [-0.4, -0.2) is 127 Å². The molecule has 0 amide bonds. The molecule has 0 unspecified atom stereocenters. The van der Waals surface area contributed by atoms with Crippen LogP contribution >= 0.6 is 0 Å². The highest BCUT2D eigenvalue weighted by Gasteiger charge is 2.58. The quantitative estimate of drug-likeness (QED) is 0.181. The van der Waals surface area contributed by atoms with E-state index in [-0.39, 0.29) is 5.57 Å². The second-order valence-corrected chi connectivity index (χ2v) is 6.64. The van der Waals surface area contributed by atoms with Gasteiger partial charge in [-0.2, -0.15) is 0 Å². The van der Waals surface area contributed by atoms with Gasteiger partial charge in [0.2, 0.25) is 5.79 Å². The van der Waals surface area contributed by atoms with Crippen molar-refractivity contribution in [3.8, 4) is 0 Å². The van der Waals surface area contributed by atoms with E-state index >= 15 is 0 Å². The Balaban J connectivity index is 0.000000612. The zero-order valence-corrected chi connectivity index (χ0v) is 15.6. The third kappa shape index (κ3) is 5.68. The Morgan fingerprint density at radius 2 is 1.48 bits per heavy atom. The van der Waals surface area contributed by atoms with Crippen LogP contribution < -0.4 is 0 Å². The van der Waals surface area contributed by atoms with Crippen molar-refractivity contribution >= 4 is 5.97 Å². The number of ether oxygens (including phenoxy) is 3. The number of carboxylic acid groups (broad SMARTS) is 1. The lowest BCUT2D eigenvalue weighted by atomic mass is 9.99. The third-order valence-electron chi connectivity index (χ3n) is 4.44. The Hall–Kier alpha value is -1.23. The topological polar surface area (TPSA) is 227 Å². The molecule has 13 nitrogen and oxygen atoms in total. The van der Waals surface area contributed by atoms with Crippen molar-refractivity contribution in [3.05, 3.63) is 12.2 Å². The van der Waals surface area contributed by atoms with Gasteiger partial charge in [0.05, 0.1) is 13.2 Å². The molecule has 2 rings (SSSR count). The molecular formula is C16H28O13. The molecule has 29 heavy (non-hydrogen) atoms. The zero-order chi connectivity index (χ0) is 22.5. The molecule has 0 bridgehead atoms. The molecule has 2 fully saturated rings. The predicted octanol–water partition coefficient (Wildman–Crippen LogP) is -4.75. The van der Waals surface area contributed by atoms with Gasteiger partial charge in [0.1, 0.15) is 49.3 Å². The Labute approximate surface area is 165 Å². The highest BCUT2D eigenvalue weighted by Crippen LogP contribution is 2.35. The van der Waals surface area contributed by atoms with Crippen molar-refractivity contribution in [1.82, 2.24) is 0 Å². The second-order valence-electron chi connectivity index (χ2n) is 6.64. The van der Waals surface area contributed by atoms with Crippen LogP contribution in [0.25, 0.3) is 0 Å². The normalized spacial score (nSPS) is 42.1. The van der Waals surface area contributed by atoms with Gasteiger partial charge in [0, 0.05) is 5.57 Å². The van der Waals surface area contributed by atoms with Crippen LogP contribution in [0, 0.1) is 0 Å². The van der Waals surface area contributed by atoms with Crippen LogP contribution in [0.4, 0.5) is 0 Å². The van der Waals surface area contributed by atoms with E-state index in [1.54, 1.807) is 0 Å². The zero-order valence-electron chi connectivity index (χ0n) is 15.6. The second kappa shape index (κ2) is 10.7.